The Morgan fingerprint density at radius 3 is 2.51 bits per heavy atom. The number of anilines is 1. The Bertz CT molecular complexity index is 1360. The number of piperazine rings is 1. The lowest BCUT2D eigenvalue weighted by molar-refractivity contribution is -0.138. The number of carbonyl (C=O) groups is 1. The summed E-state index contributed by atoms with van der Waals surface area (Å²) in [4.78, 5) is 21.7. The van der Waals surface area contributed by atoms with Crippen LogP contribution in [-0.2, 0) is 23.9 Å². The summed E-state index contributed by atoms with van der Waals surface area (Å²) in [5, 5.41) is 8.35. The molecule has 1 amide bonds. The first-order valence-electron chi connectivity index (χ1n) is 13.2. The van der Waals surface area contributed by atoms with Gasteiger partial charge in [-0.2, -0.15) is 13.2 Å². The van der Waals surface area contributed by atoms with Gasteiger partial charge in [0.15, 0.2) is 11.5 Å². The number of carbonyl (C=O) groups excluding carboxylic acids is 1. The molecule has 0 saturated carbocycles. The number of amides is 1. The van der Waals surface area contributed by atoms with Gasteiger partial charge in [0, 0.05) is 51.2 Å². The third kappa shape index (κ3) is 5.73. The van der Waals surface area contributed by atoms with Crippen molar-refractivity contribution in [3.63, 3.8) is 0 Å². The monoisotopic (exact) mass is 545 g/mol. The second-order valence-corrected chi connectivity index (χ2v) is 10.5. The van der Waals surface area contributed by atoms with E-state index in [1.54, 1.807) is 16.6 Å². The third-order valence-electron chi connectivity index (χ3n) is 7.46. The second kappa shape index (κ2) is 10.7. The van der Waals surface area contributed by atoms with E-state index in [-0.39, 0.29) is 29.6 Å². The topological polar surface area (TPSA) is 101 Å². The highest BCUT2D eigenvalue weighted by Gasteiger charge is 2.33. The van der Waals surface area contributed by atoms with Gasteiger partial charge < -0.3 is 20.7 Å². The number of fused-ring (bicyclic) bond motifs is 1. The smallest absolute Gasteiger partial charge is 0.378 e. The average Bonchev–Trinajstić information content (AvgIpc) is 3.20. The van der Waals surface area contributed by atoms with Gasteiger partial charge in [-0.05, 0) is 44.0 Å². The number of nitrogens with two attached hydrogens (primary N) is 1. The van der Waals surface area contributed by atoms with Gasteiger partial charge in [-0.25, -0.2) is 9.50 Å². The lowest BCUT2D eigenvalue weighted by atomic mass is 9.97. The van der Waals surface area contributed by atoms with Crippen LogP contribution in [0.5, 0.6) is 0 Å². The zero-order valence-electron chi connectivity index (χ0n) is 22.4. The summed E-state index contributed by atoms with van der Waals surface area (Å²) in [6, 6.07) is 6.41. The van der Waals surface area contributed by atoms with Crippen LogP contribution in [0.25, 0.3) is 5.65 Å². The Morgan fingerprint density at radius 1 is 1.18 bits per heavy atom. The number of morpholine rings is 1. The highest BCUT2D eigenvalue weighted by molar-refractivity contribution is 5.99. The van der Waals surface area contributed by atoms with Gasteiger partial charge in [0.2, 0.25) is 0 Å². The molecule has 2 atom stereocenters. The molecule has 210 valence electrons. The molecule has 2 aromatic heterocycles. The van der Waals surface area contributed by atoms with E-state index in [4.69, 9.17) is 20.6 Å². The Morgan fingerprint density at radius 2 is 1.87 bits per heavy atom. The van der Waals surface area contributed by atoms with E-state index in [0.717, 1.165) is 19.2 Å². The number of halogens is 3. The summed E-state index contributed by atoms with van der Waals surface area (Å²) in [7, 11) is 0. The number of imidazole rings is 1. The molecule has 5 rings (SSSR count). The van der Waals surface area contributed by atoms with Gasteiger partial charge in [0.25, 0.3) is 5.91 Å². The normalized spacial score (nSPS) is 21.0. The number of alkyl halides is 3. The van der Waals surface area contributed by atoms with Gasteiger partial charge in [0.05, 0.1) is 35.7 Å². The molecule has 2 fully saturated rings. The molecule has 4 heterocycles. The highest BCUT2D eigenvalue weighted by Crippen LogP contribution is 2.34. The zero-order chi connectivity index (χ0) is 27.9. The number of hydrogen-bond acceptors (Lipinski definition) is 7. The van der Waals surface area contributed by atoms with Crippen molar-refractivity contribution >= 4 is 17.4 Å². The molecule has 39 heavy (non-hydrogen) atoms. The van der Waals surface area contributed by atoms with Crippen LogP contribution < -0.4 is 16.0 Å². The molecular formula is C27H34F3N7O2. The average molecular weight is 546 g/mol. The van der Waals surface area contributed by atoms with Crippen molar-refractivity contribution in [1.29, 1.82) is 0 Å². The fraction of sp³-hybridized carbons (Fsp3) is 0.519. The molecule has 0 aliphatic carbocycles. The van der Waals surface area contributed by atoms with Crippen LogP contribution in [0.4, 0.5) is 19.0 Å². The minimum atomic E-state index is -4.46. The lowest BCUT2D eigenvalue weighted by Gasteiger charge is -2.35. The van der Waals surface area contributed by atoms with Gasteiger partial charge in [-0.3, -0.25) is 9.69 Å². The Kier molecular flexibility index (Phi) is 7.53. The van der Waals surface area contributed by atoms with Crippen LogP contribution in [0.1, 0.15) is 52.3 Å². The Hall–Kier alpha value is -3.22. The number of rotatable bonds is 6. The van der Waals surface area contributed by atoms with Crippen molar-refractivity contribution in [3.05, 3.63) is 57.9 Å². The largest absolute Gasteiger partial charge is 0.416 e. The minimum absolute atomic E-state index is 0.162. The number of hydrogen-bond donors (Lipinski definition) is 2. The maximum absolute atomic E-state index is 13.7. The molecule has 0 radical (unpaired) electrons. The molecule has 9 nitrogen and oxygen atoms in total. The number of ether oxygens (including phenoxy) is 1. The van der Waals surface area contributed by atoms with Crippen LogP contribution in [0.2, 0.25) is 0 Å². The number of nitrogens with zero attached hydrogens (tertiary/aromatic N) is 5. The van der Waals surface area contributed by atoms with Gasteiger partial charge in [-0.15, -0.1) is 5.10 Å². The molecule has 2 aliphatic heterocycles. The lowest BCUT2D eigenvalue weighted by Crippen LogP contribution is -2.53. The van der Waals surface area contributed by atoms with E-state index in [0.29, 0.717) is 61.3 Å². The maximum atomic E-state index is 13.7. The molecule has 2 unspecified atom stereocenters. The van der Waals surface area contributed by atoms with E-state index in [9.17, 15) is 18.0 Å². The minimum Gasteiger partial charge on any atom is -0.378 e. The van der Waals surface area contributed by atoms with Crippen molar-refractivity contribution in [2.45, 2.75) is 52.0 Å². The summed E-state index contributed by atoms with van der Waals surface area (Å²) in [6.07, 6.45) is -4.29. The van der Waals surface area contributed by atoms with E-state index >= 15 is 0 Å². The van der Waals surface area contributed by atoms with Crippen molar-refractivity contribution in [1.82, 2.24) is 24.8 Å². The first-order chi connectivity index (χ1) is 18.5. The summed E-state index contributed by atoms with van der Waals surface area (Å²) in [5.41, 5.74) is 7.66. The number of benzene rings is 1. The molecule has 3 aromatic rings. The van der Waals surface area contributed by atoms with Crippen LogP contribution in [0, 0.1) is 6.92 Å². The number of aromatic nitrogens is 3. The third-order valence-corrected chi connectivity index (χ3v) is 7.46. The molecule has 2 aliphatic rings. The van der Waals surface area contributed by atoms with Crippen molar-refractivity contribution in [2.75, 3.05) is 44.3 Å². The van der Waals surface area contributed by atoms with Gasteiger partial charge in [0.1, 0.15) is 0 Å². The van der Waals surface area contributed by atoms with Crippen LogP contribution >= 0.6 is 0 Å². The first kappa shape index (κ1) is 27.4. The summed E-state index contributed by atoms with van der Waals surface area (Å²) < 4.78 is 48.2. The van der Waals surface area contributed by atoms with Gasteiger partial charge >= 0.3 is 6.18 Å². The molecule has 3 N–H and O–H groups in total. The summed E-state index contributed by atoms with van der Waals surface area (Å²) in [6.45, 7) is 9.99. The molecule has 1 aromatic carbocycles. The van der Waals surface area contributed by atoms with E-state index in [1.807, 2.05) is 4.90 Å². The number of nitrogens with one attached hydrogen (secondary N) is 1. The van der Waals surface area contributed by atoms with E-state index in [1.165, 1.54) is 13.0 Å². The second-order valence-electron chi connectivity index (χ2n) is 10.5. The maximum Gasteiger partial charge on any atom is 0.416 e. The molecule has 0 bridgehead atoms. The summed E-state index contributed by atoms with van der Waals surface area (Å²) in [5.74, 6) is -0.0883. The van der Waals surface area contributed by atoms with Crippen molar-refractivity contribution < 1.29 is 22.7 Å². The molecule has 2 saturated heterocycles. The van der Waals surface area contributed by atoms with Crippen molar-refractivity contribution in [3.8, 4) is 0 Å². The van der Waals surface area contributed by atoms with E-state index in [2.05, 4.69) is 24.1 Å². The standard InChI is InChI=1S/C27H34F3N7O2/c1-16-13-35(14-17(2)32-16)15-22-23(11-19-5-4-6-21(18(19)3)27(28,29)30)37-26(33-22)20(25(31)38)12-24(34-37)36-7-9-39-10-8-36/h4-6,12,16-17,32H,7-11,13-15H2,1-3H3,(H2,31,38). The fourth-order valence-corrected chi connectivity index (χ4v) is 5.67. The predicted molar refractivity (Wildman–Crippen MR) is 141 cm³/mol. The van der Waals surface area contributed by atoms with Crippen LogP contribution in [0.3, 0.4) is 0 Å². The SMILES string of the molecule is Cc1c(Cc2c(CN3CC(C)NC(C)C3)nc3c(C(N)=O)cc(N4CCOCC4)nn23)cccc1C(F)(F)F. The molecule has 12 heteroatoms. The van der Waals surface area contributed by atoms with Crippen LogP contribution in [-0.4, -0.2) is 76.9 Å². The Balaban J connectivity index is 1.65. The Labute approximate surface area is 225 Å². The summed E-state index contributed by atoms with van der Waals surface area (Å²) >= 11 is 0. The van der Waals surface area contributed by atoms with Crippen LogP contribution in [0.15, 0.2) is 24.3 Å². The van der Waals surface area contributed by atoms with Crippen molar-refractivity contribution in [2.24, 2.45) is 5.73 Å². The number of primary amides is 1. The molecular weight excluding hydrogens is 511 g/mol. The fourth-order valence-electron chi connectivity index (χ4n) is 5.67. The first-order valence-corrected chi connectivity index (χ1v) is 13.2. The van der Waals surface area contributed by atoms with Gasteiger partial charge in [-0.1, -0.05) is 12.1 Å². The molecule has 0 spiro atoms. The highest BCUT2D eigenvalue weighted by atomic mass is 19.4. The predicted octanol–water partition coefficient (Wildman–Crippen LogP) is 2.77. The quantitative estimate of drug-likeness (QED) is 0.491. The zero-order valence-corrected chi connectivity index (χ0v) is 22.4. The van der Waals surface area contributed by atoms with E-state index < -0.39 is 17.6 Å².